The predicted molar refractivity (Wildman–Crippen MR) is 56.4 cm³/mol. The highest BCUT2D eigenvalue weighted by atomic mass is 16.5. The molecule has 0 spiro atoms. The summed E-state index contributed by atoms with van der Waals surface area (Å²) in [7, 11) is 1.72. The minimum absolute atomic E-state index is 0.234. The Morgan fingerprint density at radius 2 is 2.29 bits per heavy atom. The van der Waals surface area contributed by atoms with Crippen LogP contribution in [0, 0.1) is 0 Å². The molecule has 0 saturated carbocycles. The average molecular weight is 202 g/mol. The second-order valence-corrected chi connectivity index (χ2v) is 4.00. The van der Waals surface area contributed by atoms with Crippen molar-refractivity contribution in [1.29, 1.82) is 0 Å². The van der Waals surface area contributed by atoms with Crippen LogP contribution in [0.4, 0.5) is 0 Å². The van der Waals surface area contributed by atoms with E-state index in [0.29, 0.717) is 12.6 Å². The quantitative estimate of drug-likeness (QED) is 0.613. The molecule has 0 aromatic rings. The highest BCUT2D eigenvalue weighted by Gasteiger charge is 2.20. The molecule has 4 heteroatoms. The van der Waals surface area contributed by atoms with Crippen molar-refractivity contribution in [3.8, 4) is 0 Å². The van der Waals surface area contributed by atoms with Gasteiger partial charge in [-0.05, 0) is 13.3 Å². The largest absolute Gasteiger partial charge is 0.390 e. The summed E-state index contributed by atoms with van der Waals surface area (Å²) in [4.78, 5) is 2.32. The summed E-state index contributed by atoms with van der Waals surface area (Å²) in [6.07, 6.45) is 0.801. The van der Waals surface area contributed by atoms with E-state index in [1.54, 1.807) is 7.11 Å². The fourth-order valence-corrected chi connectivity index (χ4v) is 1.83. The third-order valence-electron chi connectivity index (χ3n) is 2.68. The van der Waals surface area contributed by atoms with Crippen LogP contribution >= 0.6 is 0 Å². The van der Waals surface area contributed by atoms with Crippen molar-refractivity contribution in [3.05, 3.63) is 0 Å². The van der Waals surface area contributed by atoms with Gasteiger partial charge in [0.05, 0.1) is 6.10 Å². The number of methoxy groups -OCH3 is 1. The van der Waals surface area contributed by atoms with Crippen LogP contribution in [-0.4, -0.2) is 62.0 Å². The molecule has 0 amide bonds. The van der Waals surface area contributed by atoms with Crippen molar-refractivity contribution in [3.63, 3.8) is 0 Å². The van der Waals surface area contributed by atoms with Gasteiger partial charge in [0.25, 0.3) is 0 Å². The number of rotatable bonds is 4. The van der Waals surface area contributed by atoms with Crippen LogP contribution in [0.1, 0.15) is 13.3 Å². The Kier molecular flexibility index (Phi) is 5.40. The predicted octanol–water partition coefficient (Wildman–Crippen LogP) is -0.322. The standard InChI is InChI=1S/C10H22N2O2/c1-9-6-11-7-10(13)8-12(9)4-3-5-14-2/h9-11,13H,3-8H2,1-2H3. The maximum absolute atomic E-state index is 9.60. The molecule has 2 atom stereocenters. The van der Waals surface area contributed by atoms with Crippen molar-refractivity contribution < 1.29 is 9.84 Å². The van der Waals surface area contributed by atoms with Gasteiger partial charge in [0, 0.05) is 45.9 Å². The summed E-state index contributed by atoms with van der Waals surface area (Å²) in [5.41, 5.74) is 0. The number of aliphatic hydroxyl groups is 1. The first-order valence-electron chi connectivity index (χ1n) is 5.35. The molecule has 2 N–H and O–H groups in total. The molecule has 0 aromatic heterocycles. The van der Waals surface area contributed by atoms with Crippen molar-refractivity contribution in [2.75, 3.05) is 39.9 Å². The van der Waals surface area contributed by atoms with Crippen molar-refractivity contribution in [2.24, 2.45) is 0 Å². The normalized spacial score (nSPS) is 30.2. The average Bonchev–Trinajstić information content (AvgIpc) is 2.30. The first kappa shape index (κ1) is 11.9. The molecule has 1 fully saturated rings. The third-order valence-corrected chi connectivity index (χ3v) is 2.68. The zero-order valence-electron chi connectivity index (χ0n) is 9.20. The molecule has 1 heterocycles. The van der Waals surface area contributed by atoms with Gasteiger partial charge >= 0.3 is 0 Å². The first-order valence-corrected chi connectivity index (χ1v) is 5.35. The first-order chi connectivity index (χ1) is 6.74. The summed E-state index contributed by atoms with van der Waals surface area (Å²) in [6, 6.07) is 0.504. The summed E-state index contributed by atoms with van der Waals surface area (Å²) in [5.74, 6) is 0. The Labute approximate surface area is 86.2 Å². The number of β-amino-alcohol motifs (C(OH)–C–C–N with tert-alkyl or cyclic N) is 1. The number of nitrogens with zero attached hydrogens (tertiary/aromatic N) is 1. The maximum atomic E-state index is 9.60. The van der Waals surface area contributed by atoms with Crippen LogP contribution in [0.3, 0.4) is 0 Å². The zero-order chi connectivity index (χ0) is 10.4. The van der Waals surface area contributed by atoms with Crippen molar-refractivity contribution in [1.82, 2.24) is 10.2 Å². The van der Waals surface area contributed by atoms with Crippen molar-refractivity contribution in [2.45, 2.75) is 25.5 Å². The van der Waals surface area contributed by atoms with E-state index >= 15 is 0 Å². The van der Waals surface area contributed by atoms with Gasteiger partial charge in [0.15, 0.2) is 0 Å². The van der Waals surface area contributed by atoms with E-state index in [2.05, 4.69) is 17.1 Å². The van der Waals surface area contributed by atoms with E-state index in [-0.39, 0.29) is 6.10 Å². The van der Waals surface area contributed by atoms with E-state index in [1.807, 2.05) is 0 Å². The van der Waals surface area contributed by atoms with Gasteiger partial charge in [-0.25, -0.2) is 0 Å². The summed E-state index contributed by atoms with van der Waals surface area (Å²) < 4.78 is 5.02. The van der Waals surface area contributed by atoms with Crippen LogP contribution in [0.2, 0.25) is 0 Å². The topological polar surface area (TPSA) is 44.7 Å². The second-order valence-electron chi connectivity index (χ2n) is 4.00. The van der Waals surface area contributed by atoms with Gasteiger partial charge in [-0.3, -0.25) is 4.90 Å². The number of aliphatic hydroxyl groups excluding tert-OH is 1. The van der Waals surface area contributed by atoms with Crippen LogP contribution in [0.25, 0.3) is 0 Å². The Morgan fingerprint density at radius 1 is 1.50 bits per heavy atom. The SMILES string of the molecule is COCCCN1CC(O)CNCC1C. The molecule has 0 bridgehead atoms. The van der Waals surface area contributed by atoms with Crippen LogP contribution in [0.15, 0.2) is 0 Å². The fraction of sp³-hybridized carbons (Fsp3) is 1.00. The van der Waals surface area contributed by atoms with Gasteiger partial charge in [-0.1, -0.05) is 0 Å². The molecule has 84 valence electrons. The highest BCUT2D eigenvalue weighted by Crippen LogP contribution is 2.05. The molecule has 0 radical (unpaired) electrons. The Hall–Kier alpha value is -0.160. The smallest absolute Gasteiger partial charge is 0.0791 e. The van der Waals surface area contributed by atoms with Crippen LogP contribution in [-0.2, 0) is 4.74 Å². The summed E-state index contributed by atoms with van der Waals surface area (Å²) in [5, 5.41) is 12.8. The lowest BCUT2D eigenvalue weighted by molar-refractivity contribution is 0.103. The van der Waals surface area contributed by atoms with E-state index in [1.165, 1.54) is 0 Å². The number of nitrogens with one attached hydrogen (secondary N) is 1. The molecule has 1 saturated heterocycles. The number of hydrogen-bond acceptors (Lipinski definition) is 4. The molecular formula is C10H22N2O2. The summed E-state index contributed by atoms with van der Waals surface area (Å²) in [6.45, 7) is 6.45. The maximum Gasteiger partial charge on any atom is 0.0791 e. The number of hydrogen-bond donors (Lipinski definition) is 2. The van der Waals surface area contributed by atoms with Gasteiger partial charge in [-0.2, -0.15) is 0 Å². The zero-order valence-corrected chi connectivity index (χ0v) is 9.20. The lowest BCUT2D eigenvalue weighted by atomic mass is 10.2. The van der Waals surface area contributed by atoms with Gasteiger partial charge in [0.1, 0.15) is 0 Å². The molecule has 1 aliphatic rings. The monoisotopic (exact) mass is 202 g/mol. The molecule has 4 nitrogen and oxygen atoms in total. The molecule has 0 aromatic carbocycles. The Morgan fingerprint density at radius 3 is 3.00 bits per heavy atom. The molecule has 14 heavy (non-hydrogen) atoms. The lowest BCUT2D eigenvalue weighted by Crippen LogP contribution is -2.39. The summed E-state index contributed by atoms with van der Waals surface area (Å²) >= 11 is 0. The third kappa shape index (κ3) is 3.92. The second kappa shape index (κ2) is 6.35. The Balaban J connectivity index is 2.30. The lowest BCUT2D eigenvalue weighted by Gasteiger charge is -2.27. The van der Waals surface area contributed by atoms with E-state index in [9.17, 15) is 5.11 Å². The molecule has 2 unspecified atom stereocenters. The minimum atomic E-state index is -0.234. The molecule has 0 aliphatic carbocycles. The molecule has 1 aliphatic heterocycles. The molecular weight excluding hydrogens is 180 g/mol. The number of ether oxygens (including phenoxy) is 1. The Bertz CT molecular complexity index is 155. The van der Waals surface area contributed by atoms with Crippen LogP contribution in [0.5, 0.6) is 0 Å². The van der Waals surface area contributed by atoms with E-state index < -0.39 is 0 Å². The minimum Gasteiger partial charge on any atom is -0.390 e. The fourth-order valence-electron chi connectivity index (χ4n) is 1.83. The van der Waals surface area contributed by atoms with E-state index in [0.717, 1.165) is 32.7 Å². The highest BCUT2D eigenvalue weighted by molar-refractivity contribution is 4.78. The van der Waals surface area contributed by atoms with Crippen molar-refractivity contribution >= 4 is 0 Å². The van der Waals surface area contributed by atoms with Crippen LogP contribution < -0.4 is 5.32 Å². The van der Waals surface area contributed by atoms with Gasteiger partial charge < -0.3 is 15.2 Å². The molecule has 1 rings (SSSR count). The van der Waals surface area contributed by atoms with Gasteiger partial charge in [0.2, 0.25) is 0 Å². The van der Waals surface area contributed by atoms with Gasteiger partial charge in [-0.15, -0.1) is 0 Å². The van der Waals surface area contributed by atoms with E-state index in [4.69, 9.17) is 4.74 Å².